The van der Waals surface area contributed by atoms with Crippen molar-refractivity contribution in [3.8, 4) is 0 Å². The lowest BCUT2D eigenvalue weighted by molar-refractivity contribution is -0.148. The Bertz CT molecular complexity index is 273. The maximum Gasteiger partial charge on any atom is 0.327 e. The Kier molecular flexibility index (Phi) is 5.08. The second-order valence-corrected chi connectivity index (χ2v) is 4.91. The van der Waals surface area contributed by atoms with Crippen LogP contribution in [0.4, 0.5) is 0 Å². The van der Waals surface area contributed by atoms with Crippen LogP contribution in [0, 0.1) is 0 Å². The lowest BCUT2D eigenvalue weighted by atomic mass is 10.1. The van der Waals surface area contributed by atoms with E-state index in [2.05, 4.69) is 0 Å². The van der Waals surface area contributed by atoms with Crippen molar-refractivity contribution in [3.63, 3.8) is 0 Å². The predicted molar refractivity (Wildman–Crippen MR) is 63.1 cm³/mol. The van der Waals surface area contributed by atoms with E-state index in [9.17, 15) is 9.59 Å². The van der Waals surface area contributed by atoms with Gasteiger partial charge in [0, 0.05) is 5.75 Å². The molecule has 2 atom stereocenters. The summed E-state index contributed by atoms with van der Waals surface area (Å²) in [5.41, 5.74) is 5.75. The molecule has 1 amide bonds. The molecule has 1 aliphatic heterocycles. The molecular formula is C10H18N2O3S. The minimum atomic E-state index is -0.943. The molecule has 1 fully saturated rings. The number of amides is 1. The van der Waals surface area contributed by atoms with E-state index in [1.165, 1.54) is 16.7 Å². The molecule has 0 aromatic rings. The summed E-state index contributed by atoms with van der Waals surface area (Å²) in [4.78, 5) is 24.2. The summed E-state index contributed by atoms with van der Waals surface area (Å²) in [6.45, 7) is 2.03. The highest BCUT2D eigenvalue weighted by atomic mass is 32.2. The Morgan fingerprint density at radius 3 is 2.88 bits per heavy atom. The van der Waals surface area contributed by atoms with E-state index in [-0.39, 0.29) is 5.91 Å². The number of aliphatic carboxylic acids is 1. The highest BCUT2D eigenvalue weighted by Gasteiger charge is 2.36. The van der Waals surface area contributed by atoms with E-state index in [4.69, 9.17) is 10.8 Å². The van der Waals surface area contributed by atoms with Gasteiger partial charge in [-0.1, -0.05) is 19.8 Å². The number of unbranched alkanes of at least 4 members (excludes halogenated alkanes) is 1. The Morgan fingerprint density at radius 1 is 1.62 bits per heavy atom. The number of thioether (sulfide) groups is 1. The summed E-state index contributed by atoms with van der Waals surface area (Å²) in [6.07, 6.45) is 2.51. The number of hydrogen-bond acceptors (Lipinski definition) is 4. The average Bonchev–Trinajstić information content (AvgIpc) is 2.73. The normalized spacial score (nSPS) is 22.1. The van der Waals surface area contributed by atoms with Gasteiger partial charge in [-0.05, 0) is 6.42 Å². The molecule has 92 valence electrons. The predicted octanol–water partition coefficient (Wildman–Crippen LogP) is 0.490. The molecule has 3 N–H and O–H groups in total. The Morgan fingerprint density at radius 2 is 2.31 bits per heavy atom. The number of nitrogens with two attached hydrogens (primary N) is 1. The zero-order chi connectivity index (χ0) is 12.1. The van der Waals surface area contributed by atoms with Gasteiger partial charge < -0.3 is 15.7 Å². The molecule has 1 aliphatic rings. The van der Waals surface area contributed by atoms with Crippen molar-refractivity contribution in [2.75, 3.05) is 11.6 Å². The Hall–Kier alpha value is -0.750. The summed E-state index contributed by atoms with van der Waals surface area (Å²) in [5.74, 6) is -0.274. The van der Waals surface area contributed by atoms with Crippen molar-refractivity contribution >= 4 is 23.6 Å². The molecule has 5 nitrogen and oxygen atoms in total. The van der Waals surface area contributed by atoms with E-state index in [0.717, 1.165) is 12.8 Å². The fourth-order valence-corrected chi connectivity index (χ4v) is 2.78. The van der Waals surface area contributed by atoms with Gasteiger partial charge in [-0.2, -0.15) is 0 Å². The number of carboxylic acids is 1. The molecule has 6 heteroatoms. The van der Waals surface area contributed by atoms with Crippen LogP contribution >= 0.6 is 11.8 Å². The summed E-state index contributed by atoms with van der Waals surface area (Å²) >= 11 is 1.46. The first kappa shape index (κ1) is 13.3. The van der Waals surface area contributed by atoms with E-state index in [0.29, 0.717) is 18.1 Å². The quantitative estimate of drug-likeness (QED) is 0.737. The first-order valence-electron chi connectivity index (χ1n) is 5.44. The molecule has 1 saturated heterocycles. The van der Waals surface area contributed by atoms with Gasteiger partial charge >= 0.3 is 5.97 Å². The fraction of sp³-hybridized carbons (Fsp3) is 0.800. The van der Waals surface area contributed by atoms with Crippen LogP contribution in [0.1, 0.15) is 26.2 Å². The minimum absolute atomic E-state index is 0.231. The fourth-order valence-electron chi connectivity index (χ4n) is 1.62. The topological polar surface area (TPSA) is 83.6 Å². The molecule has 0 radical (unpaired) electrons. The summed E-state index contributed by atoms with van der Waals surface area (Å²) in [5, 5.41) is 8.94. The van der Waals surface area contributed by atoms with Crippen LogP contribution in [0.2, 0.25) is 0 Å². The van der Waals surface area contributed by atoms with E-state index in [1.54, 1.807) is 0 Å². The van der Waals surface area contributed by atoms with Crippen molar-refractivity contribution in [2.45, 2.75) is 38.3 Å². The summed E-state index contributed by atoms with van der Waals surface area (Å²) in [6, 6.07) is -1.26. The van der Waals surface area contributed by atoms with Gasteiger partial charge in [0.2, 0.25) is 5.91 Å². The van der Waals surface area contributed by atoms with E-state index < -0.39 is 18.1 Å². The van der Waals surface area contributed by atoms with Crippen molar-refractivity contribution in [3.05, 3.63) is 0 Å². The number of rotatable bonds is 5. The molecule has 0 spiro atoms. The third-order valence-electron chi connectivity index (χ3n) is 2.64. The molecule has 1 rings (SSSR count). The zero-order valence-electron chi connectivity index (χ0n) is 9.39. The highest BCUT2D eigenvalue weighted by Crippen LogP contribution is 2.22. The number of carbonyl (C=O) groups excluding carboxylic acids is 1. The lowest BCUT2D eigenvalue weighted by Gasteiger charge is -2.23. The van der Waals surface area contributed by atoms with Crippen molar-refractivity contribution in [1.82, 2.24) is 4.90 Å². The molecular weight excluding hydrogens is 228 g/mol. The maximum atomic E-state index is 11.9. The van der Waals surface area contributed by atoms with Gasteiger partial charge in [-0.15, -0.1) is 11.8 Å². The standard InChI is InChI=1S/C10H18N2O3S/c1-2-3-4-7(11)9(13)12-6-16-5-8(12)10(14)15/h7-8H,2-6,11H2,1H3,(H,14,15)/t7-,8-/m0/s1. The van der Waals surface area contributed by atoms with Crippen LogP contribution in [0.25, 0.3) is 0 Å². The largest absolute Gasteiger partial charge is 0.480 e. The summed E-state index contributed by atoms with van der Waals surface area (Å²) < 4.78 is 0. The van der Waals surface area contributed by atoms with Crippen LogP contribution in [-0.4, -0.2) is 45.6 Å². The van der Waals surface area contributed by atoms with Crippen LogP contribution < -0.4 is 5.73 Å². The van der Waals surface area contributed by atoms with Gasteiger partial charge in [-0.25, -0.2) is 4.79 Å². The minimum Gasteiger partial charge on any atom is -0.480 e. The van der Waals surface area contributed by atoms with Gasteiger partial charge in [0.25, 0.3) is 0 Å². The molecule has 0 aromatic heterocycles. The molecule has 1 heterocycles. The van der Waals surface area contributed by atoms with Gasteiger partial charge in [0.1, 0.15) is 6.04 Å². The molecule has 16 heavy (non-hydrogen) atoms. The third kappa shape index (κ3) is 3.12. The molecule has 0 aliphatic carbocycles. The van der Waals surface area contributed by atoms with Crippen LogP contribution in [0.15, 0.2) is 0 Å². The van der Waals surface area contributed by atoms with E-state index in [1.807, 2.05) is 6.92 Å². The maximum absolute atomic E-state index is 11.9. The van der Waals surface area contributed by atoms with Gasteiger partial charge in [-0.3, -0.25) is 4.79 Å². The van der Waals surface area contributed by atoms with Crippen LogP contribution in [0.3, 0.4) is 0 Å². The van der Waals surface area contributed by atoms with Crippen molar-refractivity contribution in [1.29, 1.82) is 0 Å². The third-order valence-corrected chi connectivity index (χ3v) is 3.65. The first-order valence-corrected chi connectivity index (χ1v) is 6.60. The molecule has 0 unspecified atom stereocenters. The smallest absolute Gasteiger partial charge is 0.327 e. The van der Waals surface area contributed by atoms with E-state index >= 15 is 0 Å². The average molecular weight is 246 g/mol. The Balaban J connectivity index is 2.55. The SMILES string of the molecule is CCCC[C@H](N)C(=O)N1CSC[C@H]1C(=O)O. The number of nitrogens with zero attached hydrogens (tertiary/aromatic N) is 1. The number of carbonyl (C=O) groups is 2. The second kappa shape index (κ2) is 6.10. The lowest BCUT2D eigenvalue weighted by Crippen LogP contribution is -2.49. The van der Waals surface area contributed by atoms with Crippen molar-refractivity contribution < 1.29 is 14.7 Å². The van der Waals surface area contributed by atoms with Gasteiger partial charge in [0.05, 0.1) is 11.9 Å². The molecule has 0 bridgehead atoms. The Labute approximate surface area is 99.4 Å². The summed E-state index contributed by atoms with van der Waals surface area (Å²) in [7, 11) is 0. The second-order valence-electron chi connectivity index (χ2n) is 3.91. The zero-order valence-corrected chi connectivity index (χ0v) is 10.2. The number of carboxylic acid groups (broad SMARTS) is 1. The monoisotopic (exact) mass is 246 g/mol. The highest BCUT2D eigenvalue weighted by molar-refractivity contribution is 7.99. The molecule has 0 saturated carbocycles. The van der Waals surface area contributed by atoms with Crippen LogP contribution in [0.5, 0.6) is 0 Å². The van der Waals surface area contributed by atoms with Gasteiger partial charge in [0.15, 0.2) is 0 Å². The molecule has 0 aromatic carbocycles. The first-order chi connectivity index (χ1) is 7.57. The number of hydrogen-bond donors (Lipinski definition) is 2. The van der Waals surface area contributed by atoms with Crippen LogP contribution in [-0.2, 0) is 9.59 Å². The van der Waals surface area contributed by atoms with Crippen molar-refractivity contribution in [2.24, 2.45) is 5.73 Å².